The fourth-order valence-corrected chi connectivity index (χ4v) is 4.65. The van der Waals surface area contributed by atoms with Crippen LogP contribution in [-0.2, 0) is 12.7 Å². The number of para-hydroxylation sites is 1. The number of amides is 1. The number of anilines is 1. The predicted molar refractivity (Wildman–Crippen MR) is 121 cm³/mol. The summed E-state index contributed by atoms with van der Waals surface area (Å²) < 4.78 is 41.9. The van der Waals surface area contributed by atoms with Crippen LogP contribution in [0.3, 0.4) is 0 Å². The molecule has 0 saturated carbocycles. The molecule has 1 aliphatic heterocycles. The first-order valence-electron chi connectivity index (χ1n) is 10.5. The van der Waals surface area contributed by atoms with Crippen molar-refractivity contribution in [1.29, 1.82) is 0 Å². The molecule has 0 spiro atoms. The van der Waals surface area contributed by atoms with Crippen molar-refractivity contribution in [2.24, 2.45) is 0 Å². The highest BCUT2D eigenvalue weighted by atomic mass is 32.1. The number of fused-ring (bicyclic) bond motifs is 1. The maximum atomic E-state index is 14.0. The number of likely N-dealkylation sites (tertiary alicyclic amines) is 1. The normalized spacial score (nSPS) is 14.8. The van der Waals surface area contributed by atoms with Gasteiger partial charge in [0.05, 0.1) is 16.6 Å². The quantitative estimate of drug-likeness (QED) is 0.400. The van der Waals surface area contributed by atoms with Crippen molar-refractivity contribution in [3.05, 3.63) is 64.7 Å². The molecule has 170 valence electrons. The third-order valence-corrected chi connectivity index (χ3v) is 6.35. The van der Waals surface area contributed by atoms with E-state index in [4.69, 9.17) is 0 Å². The number of halogens is 3. The van der Waals surface area contributed by atoms with E-state index in [1.54, 1.807) is 35.8 Å². The van der Waals surface area contributed by atoms with E-state index in [0.29, 0.717) is 28.3 Å². The summed E-state index contributed by atoms with van der Waals surface area (Å²) in [5.41, 5.74) is 0.862. The van der Waals surface area contributed by atoms with Gasteiger partial charge in [-0.1, -0.05) is 18.2 Å². The highest BCUT2D eigenvalue weighted by Crippen LogP contribution is 2.38. The second kappa shape index (κ2) is 8.60. The van der Waals surface area contributed by atoms with Crippen molar-refractivity contribution in [3.8, 4) is 11.4 Å². The molecule has 2 aromatic heterocycles. The number of carbonyl (C=O) groups excluding carboxylic acids is 1. The zero-order valence-corrected chi connectivity index (χ0v) is 18.3. The summed E-state index contributed by atoms with van der Waals surface area (Å²) in [6.45, 7) is 2.29. The van der Waals surface area contributed by atoms with E-state index in [2.05, 4.69) is 25.2 Å². The Hall–Kier alpha value is -3.24. The molecule has 0 bridgehead atoms. The largest absolute Gasteiger partial charge is 0.417 e. The summed E-state index contributed by atoms with van der Waals surface area (Å²) in [5, 5.41) is 4.85. The lowest BCUT2D eigenvalue weighted by molar-refractivity contribution is -0.137. The van der Waals surface area contributed by atoms with E-state index in [9.17, 15) is 18.0 Å². The third kappa shape index (κ3) is 4.49. The number of thiazole rings is 1. The summed E-state index contributed by atoms with van der Waals surface area (Å²) in [6.07, 6.45) is -0.830. The molecular formula is C23H20F3N5OS. The molecule has 1 amide bonds. The van der Waals surface area contributed by atoms with Gasteiger partial charge in [-0.3, -0.25) is 15.0 Å². The highest BCUT2D eigenvalue weighted by molar-refractivity contribution is 7.13. The summed E-state index contributed by atoms with van der Waals surface area (Å²) in [6, 6.07) is 9.30. The zero-order chi connectivity index (χ0) is 23.0. The number of benzene rings is 2. The van der Waals surface area contributed by atoms with Crippen LogP contribution in [0.4, 0.5) is 18.3 Å². The Balaban J connectivity index is 1.52. The number of imidazole rings is 1. The minimum absolute atomic E-state index is 0.0462. The summed E-state index contributed by atoms with van der Waals surface area (Å²) in [5.74, 6) is -0.356. The van der Waals surface area contributed by atoms with Crippen LogP contribution in [0.2, 0.25) is 0 Å². The van der Waals surface area contributed by atoms with Gasteiger partial charge >= 0.3 is 6.18 Å². The first kappa shape index (κ1) is 21.6. The van der Waals surface area contributed by atoms with Crippen molar-refractivity contribution < 1.29 is 18.0 Å². The van der Waals surface area contributed by atoms with Crippen LogP contribution in [0.1, 0.15) is 34.3 Å². The topological polar surface area (TPSA) is 73.9 Å². The molecule has 0 unspecified atom stereocenters. The summed E-state index contributed by atoms with van der Waals surface area (Å²) >= 11 is 1.27. The van der Waals surface area contributed by atoms with Crippen molar-refractivity contribution in [2.45, 2.75) is 25.6 Å². The number of aromatic nitrogens is 3. The van der Waals surface area contributed by atoms with Crippen LogP contribution in [0, 0.1) is 0 Å². The number of H-pyrrole nitrogens is 1. The highest BCUT2D eigenvalue weighted by Gasteiger charge is 2.35. The Morgan fingerprint density at radius 2 is 2.00 bits per heavy atom. The average molecular weight is 472 g/mol. The lowest BCUT2D eigenvalue weighted by Crippen LogP contribution is -2.19. The van der Waals surface area contributed by atoms with E-state index in [1.807, 2.05) is 0 Å². The SMILES string of the molecule is O=C(Nc1nccs1)c1cccc2[nH]c(-c3ccc(CN4CCCC4)cc3C(F)(F)F)nc12. The fourth-order valence-electron chi connectivity index (χ4n) is 4.12. The molecule has 2 N–H and O–H groups in total. The van der Waals surface area contributed by atoms with Crippen molar-refractivity contribution in [1.82, 2.24) is 19.9 Å². The standard InChI is InChI=1S/C23H20F3N5OS/c24-23(25,26)17-12-14(13-31-9-1-2-10-31)6-7-15(17)20-28-18-5-3-4-16(19(18)29-20)21(32)30-22-27-8-11-33-22/h3-8,11-12H,1-2,9-10,13H2,(H,28,29)(H,27,30,32). The second-order valence-electron chi connectivity index (χ2n) is 7.94. The molecule has 0 radical (unpaired) electrons. The Bertz CT molecular complexity index is 1290. The third-order valence-electron chi connectivity index (χ3n) is 5.66. The molecule has 0 atom stereocenters. The maximum absolute atomic E-state index is 14.0. The van der Waals surface area contributed by atoms with Gasteiger partial charge in [0, 0.05) is 23.7 Å². The summed E-state index contributed by atoms with van der Waals surface area (Å²) in [4.78, 5) is 26.3. The Morgan fingerprint density at radius 1 is 1.18 bits per heavy atom. The van der Waals surface area contributed by atoms with Crippen molar-refractivity contribution >= 4 is 33.4 Å². The van der Waals surface area contributed by atoms with Crippen LogP contribution >= 0.6 is 11.3 Å². The Kier molecular flexibility index (Phi) is 5.63. The van der Waals surface area contributed by atoms with Crippen molar-refractivity contribution in [3.63, 3.8) is 0 Å². The predicted octanol–water partition coefficient (Wildman–Crippen LogP) is 5.55. The number of carbonyl (C=O) groups is 1. The molecule has 5 rings (SSSR count). The smallest absolute Gasteiger partial charge is 0.338 e. The second-order valence-corrected chi connectivity index (χ2v) is 8.83. The van der Waals surface area contributed by atoms with Crippen LogP contribution in [0.5, 0.6) is 0 Å². The monoisotopic (exact) mass is 471 g/mol. The van der Waals surface area contributed by atoms with E-state index < -0.39 is 17.6 Å². The minimum atomic E-state index is -4.54. The van der Waals surface area contributed by atoms with Gasteiger partial charge in [0.15, 0.2) is 5.13 Å². The number of alkyl halides is 3. The molecule has 2 aromatic carbocycles. The van der Waals surface area contributed by atoms with E-state index in [1.165, 1.54) is 23.5 Å². The van der Waals surface area contributed by atoms with Gasteiger partial charge in [-0.25, -0.2) is 9.97 Å². The zero-order valence-electron chi connectivity index (χ0n) is 17.4. The van der Waals surface area contributed by atoms with E-state index >= 15 is 0 Å². The number of hydrogen-bond acceptors (Lipinski definition) is 5. The first-order chi connectivity index (χ1) is 15.9. The van der Waals surface area contributed by atoms with Crippen molar-refractivity contribution in [2.75, 3.05) is 18.4 Å². The molecule has 6 nitrogen and oxygen atoms in total. The molecule has 33 heavy (non-hydrogen) atoms. The van der Waals surface area contributed by atoms with Gasteiger partial charge < -0.3 is 4.98 Å². The molecule has 0 aliphatic carbocycles. The summed E-state index contributed by atoms with van der Waals surface area (Å²) in [7, 11) is 0. The molecule has 10 heteroatoms. The molecule has 1 aliphatic rings. The number of nitrogens with zero attached hydrogens (tertiary/aromatic N) is 3. The number of rotatable bonds is 5. The van der Waals surface area contributed by atoms with Crippen LogP contribution in [0.25, 0.3) is 22.4 Å². The molecule has 1 fully saturated rings. The van der Waals surface area contributed by atoms with Gasteiger partial charge in [-0.2, -0.15) is 13.2 Å². The Morgan fingerprint density at radius 3 is 2.73 bits per heavy atom. The van der Waals surface area contributed by atoms with Gasteiger partial charge in [-0.15, -0.1) is 11.3 Å². The van der Waals surface area contributed by atoms with Gasteiger partial charge in [0.1, 0.15) is 11.3 Å². The number of nitrogens with one attached hydrogen (secondary N) is 2. The maximum Gasteiger partial charge on any atom is 0.417 e. The molecule has 4 aromatic rings. The lowest BCUT2D eigenvalue weighted by atomic mass is 10.0. The molecule has 1 saturated heterocycles. The Labute approximate surface area is 191 Å². The fraction of sp³-hybridized carbons (Fsp3) is 0.261. The van der Waals surface area contributed by atoms with Crippen LogP contribution < -0.4 is 5.32 Å². The van der Waals surface area contributed by atoms with Crippen LogP contribution in [0.15, 0.2) is 48.0 Å². The van der Waals surface area contributed by atoms with Gasteiger partial charge in [0.25, 0.3) is 5.91 Å². The number of aromatic amines is 1. The average Bonchev–Trinajstić information content (AvgIpc) is 3.54. The van der Waals surface area contributed by atoms with Gasteiger partial charge in [0.2, 0.25) is 0 Å². The minimum Gasteiger partial charge on any atom is -0.338 e. The van der Waals surface area contributed by atoms with Crippen LogP contribution in [-0.4, -0.2) is 38.8 Å². The van der Waals surface area contributed by atoms with E-state index in [-0.39, 0.29) is 17.0 Å². The first-order valence-corrected chi connectivity index (χ1v) is 11.4. The lowest BCUT2D eigenvalue weighted by Gasteiger charge is -2.17. The van der Waals surface area contributed by atoms with Gasteiger partial charge in [-0.05, 0) is 49.7 Å². The van der Waals surface area contributed by atoms with E-state index in [0.717, 1.165) is 25.9 Å². The number of hydrogen-bond donors (Lipinski definition) is 2. The molecular weight excluding hydrogens is 451 g/mol. The molecule has 3 heterocycles.